The van der Waals surface area contributed by atoms with Crippen LogP contribution in [0, 0.1) is 5.92 Å². The van der Waals surface area contributed by atoms with Crippen molar-refractivity contribution in [2.45, 2.75) is 31.6 Å². The SMILES string of the molecule is NC(=O)CONC(=O)C1CCC(F)(F)CC1. The highest BCUT2D eigenvalue weighted by molar-refractivity contribution is 5.78. The molecule has 16 heavy (non-hydrogen) atoms. The van der Waals surface area contributed by atoms with E-state index in [1.54, 1.807) is 0 Å². The minimum absolute atomic E-state index is 0.124. The van der Waals surface area contributed by atoms with Crippen LogP contribution in [0.1, 0.15) is 25.7 Å². The lowest BCUT2D eigenvalue weighted by Crippen LogP contribution is -2.37. The van der Waals surface area contributed by atoms with E-state index in [0.717, 1.165) is 0 Å². The molecule has 1 aliphatic carbocycles. The Labute approximate surface area is 91.3 Å². The Bertz CT molecular complexity index is 274. The predicted molar refractivity (Wildman–Crippen MR) is 50.2 cm³/mol. The molecule has 0 aromatic carbocycles. The second-order valence-corrected chi connectivity index (χ2v) is 3.85. The number of alkyl halides is 2. The monoisotopic (exact) mass is 236 g/mol. The number of rotatable bonds is 4. The summed E-state index contributed by atoms with van der Waals surface area (Å²) < 4.78 is 25.5. The quantitative estimate of drug-likeness (QED) is 0.691. The second kappa shape index (κ2) is 5.20. The van der Waals surface area contributed by atoms with Crippen molar-refractivity contribution in [3.63, 3.8) is 0 Å². The highest BCUT2D eigenvalue weighted by Crippen LogP contribution is 2.36. The Morgan fingerprint density at radius 1 is 1.38 bits per heavy atom. The van der Waals surface area contributed by atoms with Crippen molar-refractivity contribution in [2.75, 3.05) is 6.61 Å². The third kappa shape index (κ3) is 4.09. The van der Waals surface area contributed by atoms with Gasteiger partial charge in [0.2, 0.25) is 17.7 Å². The fraction of sp³-hybridized carbons (Fsp3) is 0.778. The third-order valence-electron chi connectivity index (χ3n) is 2.48. The Morgan fingerprint density at radius 3 is 2.44 bits per heavy atom. The first-order valence-corrected chi connectivity index (χ1v) is 4.98. The van der Waals surface area contributed by atoms with Gasteiger partial charge < -0.3 is 5.73 Å². The molecule has 1 rings (SSSR count). The maximum absolute atomic E-state index is 12.8. The van der Waals surface area contributed by atoms with E-state index in [4.69, 9.17) is 5.73 Å². The maximum atomic E-state index is 12.8. The van der Waals surface area contributed by atoms with Gasteiger partial charge in [-0.1, -0.05) is 0 Å². The molecule has 0 bridgehead atoms. The number of primary amides is 1. The maximum Gasteiger partial charge on any atom is 0.248 e. The summed E-state index contributed by atoms with van der Waals surface area (Å²) in [6.07, 6.45) is -0.334. The van der Waals surface area contributed by atoms with Crippen LogP contribution in [0.25, 0.3) is 0 Å². The van der Waals surface area contributed by atoms with E-state index in [1.165, 1.54) is 0 Å². The molecule has 0 unspecified atom stereocenters. The smallest absolute Gasteiger partial charge is 0.248 e. The Hall–Kier alpha value is -1.24. The van der Waals surface area contributed by atoms with Crippen LogP contribution in [0.3, 0.4) is 0 Å². The van der Waals surface area contributed by atoms with Crippen molar-refractivity contribution in [1.82, 2.24) is 5.48 Å². The van der Waals surface area contributed by atoms with Gasteiger partial charge in [-0.3, -0.25) is 14.4 Å². The fourth-order valence-corrected chi connectivity index (χ4v) is 1.56. The average molecular weight is 236 g/mol. The molecule has 0 spiro atoms. The van der Waals surface area contributed by atoms with Crippen LogP contribution in [0.4, 0.5) is 8.78 Å². The molecule has 0 aromatic heterocycles. The van der Waals surface area contributed by atoms with Gasteiger partial charge in [0.15, 0.2) is 6.61 Å². The van der Waals surface area contributed by atoms with Gasteiger partial charge in [-0.05, 0) is 12.8 Å². The number of carbonyl (C=O) groups excluding carboxylic acids is 2. The lowest BCUT2D eigenvalue weighted by atomic mass is 9.86. The standard InChI is InChI=1S/C9H14F2N2O3/c10-9(11)3-1-6(2-4-9)8(15)13-16-5-7(12)14/h6H,1-5H2,(H2,12,14)(H,13,15). The molecule has 0 aliphatic heterocycles. The van der Waals surface area contributed by atoms with Gasteiger partial charge in [-0.15, -0.1) is 0 Å². The molecule has 0 aromatic rings. The van der Waals surface area contributed by atoms with E-state index in [-0.39, 0.29) is 25.7 Å². The van der Waals surface area contributed by atoms with Crippen molar-refractivity contribution in [2.24, 2.45) is 11.7 Å². The first kappa shape index (κ1) is 12.8. The molecule has 1 saturated carbocycles. The van der Waals surface area contributed by atoms with Crippen molar-refractivity contribution >= 4 is 11.8 Å². The zero-order valence-corrected chi connectivity index (χ0v) is 8.67. The van der Waals surface area contributed by atoms with E-state index >= 15 is 0 Å². The van der Waals surface area contributed by atoms with Gasteiger partial charge >= 0.3 is 0 Å². The highest BCUT2D eigenvalue weighted by atomic mass is 19.3. The number of amides is 2. The molecule has 0 saturated heterocycles. The zero-order valence-electron chi connectivity index (χ0n) is 8.67. The topological polar surface area (TPSA) is 81.4 Å². The van der Waals surface area contributed by atoms with Gasteiger partial charge in [0.25, 0.3) is 0 Å². The average Bonchev–Trinajstić information content (AvgIpc) is 2.16. The second-order valence-electron chi connectivity index (χ2n) is 3.85. The lowest BCUT2D eigenvalue weighted by molar-refractivity contribution is -0.144. The first-order valence-electron chi connectivity index (χ1n) is 4.98. The number of hydrogen-bond donors (Lipinski definition) is 2. The van der Waals surface area contributed by atoms with Crippen molar-refractivity contribution in [3.8, 4) is 0 Å². The van der Waals surface area contributed by atoms with Crippen molar-refractivity contribution in [1.29, 1.82) is 0 Å². The summed E-state index contributed by atoms with van der Waals surface area (Å²) in [5.41, 5.74) is 6.80. The molecular weight excluding hydrogens is 222 g/mol. The fourth-order valence-electron chi connectivity index (χ4n) is 1.56. The minimum Gasteiger partial charge on any atom is -0.368 e. The van der Waals surface area contributed by atoms with Gasteiger partial charge in [-0.2, -0.15) is 0 Å². The van der Waals surface area contributed by atoms with E-state index in [2.05, 4.69) is 4.84 Å². The summed E-state index contributed by atoms with van der Waals surface area (Å²) in [4.78, 5) is 26.1. The van der Waals surface area contributed by atoms with E-state index in [1.807, 2.05) is 5.48 Å². The summed E-state index contributed by atoms with van der Waals surface area (Å²) >= 11 is 0. The summed E-state index contributed by atoms with van der Waals surface area (Å²) in [5, 5.41) is 0. The molecule has 92 valence electrons. The van der Waals surface area contributed by atoms with E-state index in [0.29, 0.717) is 0 Å². The molecule has 0 radical (unpaired) electrons. The molecule has 0 heterocycles. The Balaban J connectivity index is 2.25. The molecule has 7 heteroatoms. The number of halogens is 2. The van der Waals surface area contributed by atoms with Crippen LogP contribution in [-0.2, 0) is 14.4 Å². The molecule has 1 fully saturated rings. The number of nitrogens with two attached hydrogens (primary N) is 1. The lowest BCUT2D eigenvalue weighted by Gasteiger charge is -2.27. The van der Waals surface area contributed by atoms with Gasteiger partial charge in [0, 0.05) is 18.8 Å². The number of carbonyl (C=O) groups is 2. The predicted octanol–water partition coefficient (Wildman–Crippen LogP) is 0.345. The van der Waals surface area contributed by atoms with Crippen molar-refractivity contribution in [3.05, 3.63) is 0 Å². The van der Waals surface area contributed by atoms with Crippen LogP contribution in [0.15, 0.2) is 0 Å². The Kier molecular flexibility index (Phi) is 4.17. The largest absolute Gasteiger partial charge is 0.368 e. The minimum atomic E-state index is -2.66. The van der Waals surface area contributed by atoms with Gasteiger partial charge in [0.05, 0.1) is 0 Å². The van der Waals surface area contributed by atoms with Crippen LogP contribution in [-0.4, -0.2) is 24.3 Å². The summed E-state index contributed by atoms with van der Waals surface area (Å²) in [5.74, 6) is -4.33. The van der Waals surface area contributed by atoms with E-state index < -0.39 is 30.3 Å². The number of hydrogen-bond acceptors (Lipinski definition) is 3. The molecular formula is C9H14F2N2O3. The van der Waals surface area contributed by atoms with Crippen LogP contribution in [0.5, 0.6) is 0 Å². The third-order valence-corrected chi connectivity index (χ3v) is 2.48. The molecule has 0 atom stereocenters. The summed E-state index contributed by atoms with van der Waals surface area (Å²) in [6, 6.07) is 0. The van der Waals surface area contributed by atoms with Crippen LogP contribution in [0.2, 0.25) is 0 Å². The summed E-state index contributed by atoms with van der Waals surface area (Å²) in [6.45, 7) is -0.422. The number of nitrogens with one attached hydrogen (secondary N) is 1. The highest BCUT2D eigenvalue weighted by Gasteiger charge is 2.37. The zero-order chi connectivity index (χ0) is 12.2. The van der Waals surface area contributed by atoms with Gasteiger partial charge in [0.1, 0.15) is 0 Å². The molecule has 5 nitrogen and oxygen atoms in total. The molecule has 3 N–H and O–H groups in total. The van der Waals surface area contributed by atoms with Crippen molar-refractivity contribution < 1.29 is 23.2 Å². The van der Waals surface area contributed by atoms with Crippen LogP contribution < -0.4 is 11.2 Å². The van der Waals surface area contributed by atoms with Crippen LogP contribution >= 0.6 is 0 Å². The van der Waals surface area contributed by atoms with E-state index in [9.17, 15) is 18.4 Å². The normalized spacial score (nSPS) is 20.4. The molecule has 1 aliphatic rings. The number of hydroxylamine groups is 1. The van der Waals surface area contributed by atoms with Gasteiger partial charge in [-0.25, -0.2) is 14.3 Å². The first-order chi connectivity index (χ1) is 7.41. The summed E-state index contributed by atoms with van der Waals surface area (Å²) in [7, 11) is 0. The molecule has 2 amide bonds. The Morgan fingerprint density at radius 2 is 1.94 bits per heavy atom.